The van der Waals surface area contributed by atoms with Gasteiger partial charge >= 0.3 is 0 Å². The summed E-state index contributed by atoms with van der Waals surface area (Å²) in [6.45, 7) is 4.06. The van der Waals surface area contributed by atoms with E-state index >= 15 is 0 Å². The number of benzene rings is 2. The Hall–Kier alpha value is -2.60. The fraction of sp³-hybridized carbons (Fsp3) is 0.238. The van der Waals surface area contributed by atoms with E-state index in [2.05, 4.69) is 0 Å². The number of hydrogen-bond acceptors (Lipinski definition) is 4. The molecule has 0 aromatic heterocycles. The van der Waals surface area contributed by atoms with Crippen LogP contribution in [0, 0.1) is 5.82 Å². The van der Waals surface area contributed by atoms with Crippen LogP contribution < -0.4 is 4.74 Å². The SMILES string of the molecule is COc1ccc(C2=C(SC(C)C)C(=O)N(Cc3ccc(F)cc3)C2=O)cc1. The maximum absolute atomic E-state index is 13.1. The van der Waals surface area contributed by atoms with Crippen LogP contribution in [-0.2, 0) is 16.1 Å². The first-order valence-electron chi connectivity index (χ1n) is 8.56. The summed E-state index contributed by atoms with van der Waals surface area (Å²) in [6, 6.07) is 12.9. The highest BCUT2D eigenvalue weighted by Crippen LogP contribution is 2.38. The minimum atomic E-state index is -0.356. The molecule has 0 N–H and O–H groups in total. The van der Waals surface area contributed by atoms with Gasteiger partial charge in [0.2, 0.25) is 0 Å². The molecule has 2 aromatic rings. The van der Waals surface area contributed by atoms with Crippen LogP contribution in [0.3, 0.4) is 0 Å². The van der Waals surface area contributed by atoms with Crippen molar-refractivity contribution < 1.29 is 18.7 Å². The first-order chi connectivity index (χ1) is 12.9. The molecule has 140 valence electrons. The summed E-state index contributed by atoms with van der Waals surface area (Å²) in [5.41, 5.74) is 1.78. The Balaban J connectivity index is 1.96. The third kappa shape index (κ3) is 4.06. The highest BCUT2D eigenvalue weighted by molar-refractivity contribution is 8.04. The molecular formula is C21H20FNO3S. The van der Waals surface area contributed by atoms with E-state index in [1.54, 1.807) is 43.5 Å². The third-order valence-corrected chi connectivity index (χ3v) is 5.20. The molecule has 0 unspecified atom stereocenters. The number of thioether (sulfide) groups is 1. The van der Waals surface area contributed by atoms with E-state index in [1.807, 2.05) is 13.8 Å². The topological polar surface area (TPSA) is 46.6 Å². The van der Waals surface area contributed by atoms with Crippen LogP contribution >= 0.6 is 11.8 Å². The zero-order chi connectivity index (χ0) is 19.6. The lowest BCUT2D eigenvalue weighted by molar-refractivity contribution is -0.137. The summed E-state index contributed by atoms with van der Waals surface area (Å²) >= 11 is 1.38. The van der Waals surface area contributed by atoms with Gasteiger partial charge in [-0.25, -0.2) is 4.39 Å². The van der Waals surface area contributed by atoms with E-state index in [4.69, 9.17) is 4.74 Å². The molecule has 0 aliphatic carbocycles. The molecular weight excluding hydrogens is 365 g/mol. The standard InChI is InChI=1S/C21H20FNO3S/c1-13(2)27-19-18(15-6-10-17(26-3)11-7-15)20(24)23(21(19)25)12-14-4-8-16(22)9-5-14/h4-11,13H,12H2,1-3H3. The van der Waals surface area contributed by atoms with Crippen molar-refractivity contribution in [2.24, 2.45) is 0 Å². The average Bonchev–Trinajstić information content (AvgIpc) is 2.87. The number of halogens is 1. The first kappa shape index (κ1) is 19.2. The van der Waals surface area contributed by atoms with Crippen molar-refractivity contribution in [3.63, 3.8) is 0 Å². The Morgan fingerprint density at radius 1 is 1.00 bits per heavy atom. The fourth-order valence-corrected chi connectivity index (χ4v) is 3.83. The molecule has 0 bridgehead atoms. The fourth-order valence-electron chi connectivity index (χ4n) is 2.83. The lowest BCUT2D eigenvalue weighted by Crippen LogP contribution is -2.31. The quantitative estimate of drug-likeness (QED) is 0.697. The first-order valence-corrected chi connectivity index (χ1v) is 9.44. The van der Waals surface area contributed by atoms with Crippen LogP contribution in [0.15, 0.2) is 53.4 Å². The second-order valence-electron chi connectivity index (χ2n) is 6.42. The van der Waals surface area contributed by atoms with Gasteiger partial charge in [-0.2, -0.15) is 0 Å². The van der Waals surface area contributed by atoms with Gasteiger partial charge in [-0.3, -0.25) is 14.5 Å². The number of methoxy groups -OCH3 is 1. The van der Waals surface area contributed by atoms with Crippen LogP contribution in [0.2, 0.25) is 0 Å². The zero-order valence-corrected chi connectivity index (χ0v) is 16.2. The lowest BCUT2D eigenvalue weighted by Gasteiger charge is -2.15. The van der Waals surface area contributed by atoms with Crippen LogP contribution in [0.4, 0.5) is 4.39 Å². The van der Waals surface area contributed by atoms with Crippen molar-refractivity contribution >= 4 is 29.1 Å². The molecule has 2 aromatic carbocycles. The second kappa shape index (κ2) is 7.96. The van der Waals surface area contributed by atoms with Gasteiger partial charge in [0.15, 0.2) is 0 Å². The third-order valence-electron chi connectivity index (χ3n) is 4.11. The highest BCUT2D eigenvalue weighted by Gasteiger charge is 2.39. The summed E-state index contributed by atoms with van der Waals surface area (Å²) in [5, 5.41) is 0.149. The molecule has 1 aliphatic rings. The second-order valence-corrected chi connectivity index (χ2v) is 8.01. The predicted octanol–water partition coefficient (Wildman–Crippen LogP) is 4.26. The monoisotopic (exact) mass is 385 g/mol. The predicted molar refractivity (Wildman–Crippen MR) is 105 cm³/mol. The Labute approximate surface area is 162 Å². The summed E-state index contributed by atoms with van der Waals surface area (Å²) in [7, 11) is 1.57. The number of imide groups is 1. The van der Waals surface area contributed by atoms with E-state index in [0.717, 1.165) is 0 Å². The van der Waals surface area contributed by atoms with E-state index in [9.17, 15) is 14.0 Å². The zero-order valence-electron chi connectivity index (χ0n) is 15.4. The lowest BCUT2D eigenvalue weighted by atomic mass is 10.1. The number of carbonyl (C=O) groups is 2. The Kier molecular flexibility index (Phi) is 5.65. The largest absolute Gasteiger partial charge is 0.497 e. The van der Waals surface area contributed by atoms with E-state index in [1.165, 1.54) is 28.8 Å². The molecule has 1 aliphatic heterocycles. The van der Waals surface area contributed by atoms with Crippen LogP contribution in [0.1, 0.15) is 25.0 Å². The van der Waals surface area contributed by atoms with Crippen molar-refractivity contribution in [2.75, 3.05) is 7.11 Å². The Bertz CT molecular complexity index is 889. The summed E-state index contributed by atoms with van der Waals surface area (Å²) in [6.07, 6.45) is 0. The van der Waals surface area contributed by atoms with Gasteiger partial charge in [0, 0.05) is 5.25 Å². The maximum Gasteiger partial charge on any atom is 0.268 e. The van der Waals surface area contributed by atoms with Crippen molar-refractivity contribution in [3.8, 4) is 5.75 Å². The number of rotatable bonds is 6. The van der Waals surface area contributed by atoms with E-state index in [0.29, 0.717) is 27.4 Å². The molecule has 0 spiro atoms. The molecule has 1 heterocycles. The molecule has 0 fully saturated rings. The van der Waals surface area contributed by atoms with Crippen molar-refractivity contribution in [1.29, 1.82) is 0 Å². The van der Waals surface area contributed by atoms with Gasteiger partial charge in [0.25, 0.3) is 11.8 Å². The number of carbonyl (C=O) groups excluding carboxylic acids is 2. The van der Waals surface area contributed by atoms with Gasteiger partial charge in [-0.1, -0.05) is 38.1 Å². The van der Waals surface area contributed by atoms with Gasteiger partial charge in [0.05, 0.1) is 24.1 Å². The maximum atomic E-state index is 13.1. The highest BCUT2D eigenvalue weighted by atomic mass is 32.2. The number of amides is 2. The molecule has 0 saturated carbocycles. The van der Waals surface area contributed by atoms with Gasteiger partial charge in [-0.05, 0) is 35.4 Å². The molecule has 0 radical (unpaired) electrons. The van der Waals surface area contributed by atoms with Gasteiger partial charge in [0.1, 0.15) is 11.6 Å². The molecule has 3 rings (SSSR count). The van der Waals surface area contributed by atoms with Gasteiger partial charge < -0.3 is 4.74 Å². The minimum Gasteiger partial charge on any atom is -0.497 e. The van der Waals surface area contributed by atoms with Crippen LogP contribution in [-0.4, -0.2) is 29.1 Å². The smallest absolute Gasteiger partial charge is 0.268 e. The number of ether oxygens (including phenoxy) is 1. The average molecular weight is 385 g/mol. The van der Waals surface area contributed by atoms with Crippen molar-refractivity contribution in [2.45, 2.75) is 25.6 Å². The normalized spacial score (nSPS) is 14.5. The molecule has 4 nitrogen and oxygen atoms in total. The summed E-state index contributed by atoms with van der Waals surface area (Å²) in [5.74, 6) is -0.324. The number of hydrogen-bond donors (Lipinski definition) is 0. The molecule has 6 heteroatoms. The van der Waals surface area contributed by atoms with Crippen molar-refractivity contribution in [1.82, 2.24) is 4.90 Å². The van der Waals surface area contributed by atoms with Crippen molar-refractivity contribution in [3.05, 3.63) is 70.4 Å². The summed E-state index contributed by atoms with van der Waals surface area (Å²) in [4.78, 5) is 27.7. The van der Waals surface area contributed by atoms with Crippen LogP contribution in [0.25, 0.3) is 5.57 Å². The molecule has 27 heavy (non-hydrogen) atoms. The van der Waals surface area contributed by atoms with E-state index < -0.39 is 0 Å². The minimum absolute atomic E-state index is 0.111. The van der Waals surface area contributed by atoms with E-state index in [-0.39, 0.29) is 29.4 Å². The van der Waals surface area contributed by atoms with Gasteiger partial charge in [-0.15, -0.1) is 11.8 Å². The molecule has 0 atom stereocenters. The Morgan fingerprint density at radius 2 is 1.63 bits per heavy atom. The summed E-state index contributed by atoms with van der Waals surface area (Å²) < 4.78 is 18.3. The van der Waals surface area contributed by atoms with Crippen LogP contribution in [0.5, 0.6) is 5.75 Å². The number of nitrogens with zero attached hydrogens (tertiary/aromatic N) is 1. The molecule has 0 saturated heterocycles. The Morgan fingerprint density at radius 3 is 2.19 bits per heavy atom. The molecule has 2 amide bonds.